The summed E-state index contributed by atoms with van der Waals surface area (Å²) in [5.41, 5.74) is 5.86. The topological polar surface area (TPSA) is 119 Å². The van der Waals surface area contributed by atoms with Gasteiger partial charge in [0.05, 0.1) is 4.90 Å². The number of sulfonamides is 1. The van der Waals surface area contributed by atoms with Crippen molar-refractivity contribution < 1.29 is 22.7 Å². The predicted molar refractivity (Wildman–Crippen MR) is 99.6 cm³/mol. The summed E-state index contributed by atoms with van der Waals surface area (Å²) in [5.74, 6) is -0.551. The molecule has 2 amide bonds. The van der Waals surface area contributed by atoms with E-state index in [9.17, 15) is 18.0 Å². The molecular formula is C18H21N3O5S. The van der Waals surface area contributed by atoms with Crippen molar-refractivity contribution in [1.82, 2.24) is 9.62 Å². The summed E-state index contributed by atoms with van der Waals surface area (Å²) in [5, 5.41) is 2.70. The minimum absolute atomic E-state index is 0.0575. The molecule has 27 heavy (non-hydrogen) atoms. The summed E-state index contributed by atoms with van der Waals surface area (Å²) in [4.78, 5) is 23.1. The molecule has 0 atom stereocenters. The van der Waals surface area contributed by atoms with Crippen molar-refractivity contribution in [1.29, 1.82) is 0 Å². The Bertz CT molecular complexity index is 924. The SMILES string of the molecule is CN(C)S(=O)(=O)c1ccccc1CNC(=O)c1ccc(OCC(N)=O)cc1. The van der Waals surface area contributed by atoms with Gasteiger partial charge in [0.15, 0.2) is 6.61 Å². The standard InChI is InChI=1S/C18H21N3O5S/c1-21(2)27(24,25)16-6-4-3-5-14(16)11-20-18(23)13-7-9-15(10-8-13)26-12-17(19)22/h3-10H,11-12H2,1-2H3,(H2,19,22)(H,20,23). The number of amides is 2. The maximum atomic E-state index is 12.4. The lowest BCUT2D eigenvalue weighted by Gasteiger charge is -2.15. The summed E-state index contributed by atoms with van der Waals surface area (Å²) in [6.07, 6.45) is 0. The van der Waals surface area contributed by atoms with Crippen LogP contribution < -0.4 is 15.8 Å². The average molecular weight is 391 g/mol. The first kappa shape index (κ1) is 20.4. The molecule has 2 rings (SSSR count). The lowest BCUT2D eigenvalue weighted by Crippen LogP contribution is -2.27. The molecule has 0 saturated carbocycles. The predicted octanol–water partition coefficient (Wildman–Crippen LogP) is 0.731. The first-order chi connectivity index (χ1) is 12.7. The third kappa shape index (κ3) is 5.28. The van der Waals surface area contributed by atoms with Gasteiger partial charge in [-0.1, -0.05) is 18.2 Å². The van der Waals surface area contributed by atoms with Crippen molar-refractivity contribution in [2.24, 2.45) is 5.73 Å². The highest BCUT2D eigenvalue weighted by Crippen LogP contribution is 2.18. The second-order valence-corrected chi connectivity index (χ2v) is 7.98. The largest absolute Gasteiger partial charge is 0.484 e. The smallest absolute Gasteiger partial charge is 0.255 e. The van der Waals surface area contributed by atoms with Gasteiger partial charge in [0.25, 0.3) is 11.8 Å². The molecule has 2 aromatic rings. The van der Waals surface area contributed by atoms with Crippen molar-refractivity contribution in [3.63, 3.8) is 0 Å². The molecule has 0 fully saturated rings. The highest BCUT2D eigenvalue weighted by Gasteiger charge is 2.20. The fourth-order valence-corrected chi connectivity index (χ4v) is 3.35. The molecule has 0 unspecified atom stereocenters. The molecule has 0 heterocycles. The normalized spacial score (nSPS) is 11.2. The zero-order valence-electron chi connectivity index (χ0n) is 15.0. The van der Waals surface area contributed by atoms with Crippen LogP contribution in [0.15, 0.2) is 53.4 Å². The molecule has 0 aliphatic carbocycles. The molecule has 8 nitrogen and oxygen atoms in total. The van der Waals surface area contributed by atoms with Crippen LogP contribution in [0.5, 0.6) is 5.75 Å². The Morgan fingerprint density at radius 3 is 2.30 bits per heavy atom. The van der Waals surface area contributed by atoms with Gasteiger partial charge in [0.1, 0.15) is 5.75 Å². The van der Waals surface area contributed by atoms with Crippen molar-refractivity contribution in [2.75, 3.05) is 20.7 Å². The zero-order valence-corrected chi connectivity index (χ0v) is 15.8. The number of ether oxygens (including phenoxy) is 1. The third-order valence-corrected chi connectivity index (χ3v) is 5.58. The van der Waals surface area contributed by atoms with E-state index in [1.54, 1.807) is 30.3 Å². The lowest BCUT2D eigenvalue weighted by atomic mass is 10.2. The number of benzene rings is 2. The first-order valence-corrected chi connectivity index (χ1v) is 9.45. The van der Waals surface area contributed by atoms with E-state index in [4.69, 9.17) is 10.5 Å². The lowest BCUT2D eigenvalue weighted by molar-refractivity contribution is -0.119. The highest BCUT2D eigenvalue weighted by atomic mass is 32.2. The molecule has 0 bridgehead atoms. The number of hydrogen-bond acceptors (Lipinski definition) is 5. The van der Waals surface area contributed by atoms with Crippen LogP contribution >= 0.6 is 0 Å². The maximum absolute atomic E-state index is 12.4. The minimum atomic E-state index is -3.61. The minimum Gasteiger partial charge on any atom is -0.484 e. The van der Waals surface area contributed by atoms with E-state index in [2.05, 4.69) is 5.32 Å². The molecule has 0 aromatic heterocycles. The number of primary amides is 1. The van der Waals surface area contributed by atoms with Crippen molar-refractivity contribution in [3.05, 3.63) is 59.7 Å². The average Bonchev–Trinajstić information content (AvgIpc) is 2.64. The van der Waals surface area contributed by atoms with Gasteiger partial charge in [-0.05, 0) is 35.9 Å². The second-order valence-electron chi connectivity index (χ2n) is 5.86. The summed E-state index contributed by atoms with van der Waals surface area (Å²) in [6, 6.07) is 12.7. The monoisotopic (exact) mass is 391 g/mol. The molecule has 2 aromatic carbocycles. The summed E-state index contributed by atoms with van der Waals surface area (Å²) in [7, 11) is -0.709. The molecule has 0 saturated heterocycles. The number of nitrogens with one attached hydrogen (secondary N) is 1. The second kappa shape index (κ2) is 8.65. The van der Waals surface area contributed by atoms with E-state index in [1.807, 2.05) is 0 Å². The van der Waals surface area contributed by atoms with Crippen LogP contribution in [0, 0.1) is 0 Å². The molecule has 9 heteroatoms. The van der Waals surface area contributed by atoms with Gasteiger partial charge in [0.2, 0.25) is 10.0 Å². The van der Waals surface area contributed by atoms with Crippen molar-refractivity contribution >= 4 is 21.8 Å². The van der Waals surface area contributed by atoms with E-state index in [0.29, 0.717) is 16.9 Å². The molecule has 0 aliphatic rings. The number of hydrogen-bond donors (Lipinski definition) is 2. The van der Waals surface area contributed by atoms with Crippen LogP contribution in [0.3, 0.4) is 0 Å². The summed E-state index contributed by atoms with van der Waals surface area (Å²) in [6.45, 7) is -0.190. The van der Waals surface area contributed by atoms with Gasteiger partial charge >= 0.3 is 0 Å². The molecule has 3 N–H and O–H groups in total. The molecule has 0 aliphatic heterocycles. The Labute approximate surface area is 158 Å². The van der Waals surface area contributed by atoms with Crippen molar-refractivity contribution in [2.45, 2.75) is 11.4 Å². The van der Waals surface area contributed by atoms with E-state index in [0.717, 1.165) is 4.31 Å². The van der Waals surface area contributed by atoms with Gasteiger partial charge in [-0.3, -0.25) is 9.59 Å². The van der Waals surface area contributed by atoms with Crippen LogP contribution in [0.4, 0.5) is 0 Å². The number of rotatable bonds is 8. The highest BCUT2D eigenvalue weighted by molar-refractivity contribution is 7.89. The Kier molecular flexibility index (Phi) is 6.54. The number of carbonyl (C=O) groups is 2. The fraction of sp³-hybridized carbons (Fsp3) is 0.222. The molecular weight excluding hydrogens is 370 g/mol. The van der Waals surface area contributed by atoms with E-state index < -0.39 is 15.9 Å². The molecule has 144 valence electrons. The Morgan fingerprint density at radius 1 is 1.07 bits per heavy atom. The van der Waals surface area contributed by atoms with Crippen LogP contribution in [-0.2, 0) is 21.4 Å². The first-order valence-electron chi connectivity index (χ1n) is 8.01. The van der Waals surface area contributed by atoms with Crippen LogP contribution in [0.1, 0.15) is 15.9 Å². The number of carbonyl (C=O) groups excluding carboxylic acids is 2. The molecule has 0 radical (unpaired) electrons. The van der Waals surface area contributed by atoms with Crippen molar-refractivity contribution in [3.8, 4) is 5.75 Å². The van der Waals surface area contributed by atoms with Gasteiger partial charge in [0, 0.05) is 26.2 Å². The fourth-order valence-electron chi connectivity index (χ4n) is 2.23. The summed E-state index contributed by atoms with van der Waals surface area (Å²) < 4.78 is 31.0. The zero-order chi connectivity index (χ0) is 20.0. The Hall–Kier alpha value is -2.91. The van der Waals surface area contributed by atoms with Gasteiger partial charge in [-0.15, -0.1) is 0 Å². The molecule has 0 spiro atoms. The van der Waals surface area contributed by atoms with Gasteiger partial charge < -0.3 is 15.8 Å². The Balaban J connectivity index is 2.07. The van der Waals surface area contributed by atoms with Crippen LogP contribution in [-0.4, -0.2) is 45.2 Å². The Morgan fingerprint density at radius 2 is 1.70 bits per heavy atom. The van der Waals surface area contributed by atoms with E-state index >= 15 is 0 Å². The third-order valence-electron chi connectivity index (χ3n) is 3.67. The van der Waals surface area contributed by atoms with Gasteiger partial charge in [-0.25, -0.2) is 12.7 Å². The summed E-state index contributed by atoms with van der Waals surface area (Å²) >= 11 is 0. The number of nitrogens with zero attached hydrogens (tertiary/aromatic N) is 1. The number of nitrogens with two attached hydrogens (primary N) is 1. The van der Waals surface area contributed by atoms with Crippen LogP contribution in [0.25, 0.3) is 0 Å². The van der Waals surface area contributed by atoms with E-state index in [-0.39, 0.29) is 24.0 Å². The van der Waals surface area contributed by atoms with Crippen LogP contribution in [0.2, 0.25) is 0 Å². The van der Waals surface area contributed by atoms with Gasteiger partial charge in [-0.2, -0.15) is 0 Å². The maximum Gasteiger partial charge on any atom is 0.255 e. The quantitative estimate of drug-likeness (QED) is 0.688. The van der Waals surface area contributed by atoms with E-state index in [1.165, 1.54) is 32.3 Å².